The summed E-state index contributed by atoms with van der Waals surface area (Å²) < 4.78 is 2.28. The minimum absolute atomic E-state index is 1.01. The van der Waals surface area contributed by atoms with Crippen LogP contribution >= 0.6 is 11.8 Å². The lowest BCUT2D eigenvalue weighted by Crippen LogP contribution is -2.05. The highest BCUT2D eigenvalue weighted by Crippen LogP contribution is 2.36. The minimum Gasteiger partial charge on any atom is -0.287 e. The highest BCUT2D eigenvalue weighted by atomic mass is 32.2. The Bertz CT molecular complexity index is 758. The number of thioether (sulfide) groups is 1. The van der Waals surface area contributed by atoms with Crippen LogP contribution in [0.2, 0.25) is 0 Å². The number of aromatic nitrogens is 2. The van der Waals surface area contributed by atoms with Crippen molar-refractivity contribution in [3.8, 4) is 5.69 Å². The summed E-state index contributed by atoms with van der Waals surface area (Å²) in [5, 5.41) is 1.11. The fourth-order valence-corrected chi connectivity index (χ4v) is 3.50. The molecule has 0 radical (unpaired) electrons. The molecule has 1 aliphatic rings. The number of nitrogens with zero attached hydrogens (tertiary/aromatic N) is 2. The van der Waals surface area contributed by atoms with E-state index >= 15 is 0 Å². The molecule has 0 aliphatic carbocycles. The average Bonchev–Trinajstić information content (AvgIpc) is 2.77. The zero-order valence-electron chi connectivity index (χ0n) is 10.1. The first-order chi connectivity index (χ1) is 8.83. The quantitative estimate of drug-likeness (QED) is 0.603. The highest BCUT2D eigenvalue weighted by molar-refractivity contribution is 7.98. The monoisotopic (exact) mass is 252 g/mol. The van der Waals surface area contributed by atoms with Crippen LogP contribution in [-0.4, -0.2) is 9.55 Å². The first kappa shape index (κ1) is 10.2. The molecule has 0 saturated carbocycles. The Labute approximate surface area is 110 Å². The second-order valence-corrected chi connectivity index (χ2v) is 5.58. The van der Waals surface area contributed by atoms with E-state index in [1.807, 2.05) is 11.8 Å². The summed E-state index contributed by atoms with van der Waals surface area (Å²) in [5.74, 6) is 1.01. The molecule has 3 aromatic rings. The minimum atomic E-state index is 1.01. The normalized spacial score (nSPS) is 13.4. The van der Waals surface area contributed by atoms with Crippen LogP contribution in [0.25, 0.3) is 16.7 Å². The maximum absolute atomic E-state index is 4.72. The molecule has 1 aliphatic heterocycles. The largest absolute Gasteiger partial charge is 0.287 e. The smallest absolute Gasteiger partial charge is 0.174 e. The molecular formula is C15H12N2S. The Balaban J connectivity index is 2.13. The Morgan fingerprint density at radius 3 is 3.00 bits per heavy atom. The zero-order chi connectivity index (χ0) is 12.1. The molecule has 0 saturated heterocycles. The number of hydrogen-bond acceptors (Lipinski definition) is 2. The summed E-state index contributed by atoms with van der Waals surface area (Å²) in [7, 11) is 0. The van der Waals surface area contributed by atoms with E-state index in [0.717, 1.165) is 16.4 Å². The van der Waals surface area contributed by atoms with Crippen molar-refractivity contribution in [2.75, 3.05) is 0 Å². The lowest BCUT2D eigenvalue weighted by atomic mass is 10.2. The molecule has 0 N–H and O–H groups in total. The number of hydrogen-bond donors (Lipinski definition) is 0. The molecule has 0 atom stereocenters. The van der Waals surface area contributed by atoms with Gasteiger partial charge in [-0.25, -0.2) is 4.98 Å². The fraction of sp³-hybridized carbons (Fsp3) is 0.133. The van der Waals surface area contributed by atoms with Gasteiger partial charge in [0.15, 0.2) is 5.16 Å². The molecule has 0 unspecified atom stereocenters. The average molecular weight is 252 g/mol. The van der Waals surface area contributed by atoms with E-state index in [0.29, 0.717) is 0 Å². The molecular weight excluding hydrogens is 240 g/mol. The van der Waals surface area contributed by atoms with Gasteiger partial charge in [0.05, 0.1) is 16.7 Å². The molecule has 0 bridgehead atoms. The second kappa shape index (κ2) is 3.62. The molecule has 2 heterocycles. The summed E-state index contributed by atoms with van der Waals surface area (Å²) >= 11 is 1.81. The van der Waals surface area contributed by atoms with Crippen LogP contribution in [-0.2, 0) is 5.75 Å². The zero-order valence-corrected chi connectivity index (χ0v) is 10.9. The first-order valence-corrected chi connectivity index (χ1v) is 7.02. The van der Waals surface area contributed by atoms with Gasteiger partial charge in [-0.15, -0.1) is 0 Å². The third-order valence-electron chi connectivity index (χ3n) is 3.37. The Kier molecular flexibility index (Phi) is 2.06. The fourth-order valence-electron chi connectivity index (χ4n) is 2.49. The summed E-state index contributed by atoms with van der Waals surface area (Å²) in [4.78, 5) is 4.72. The van der Waals surface area contributed by atoms with E-state index in [-0.39, 0.29) is 0 Å². The van der Waals surface area contributed by atoms with Crippen LogP contribution in [0.4, 0.5) is 0 Å². The van der Waals surface area contributed by atoms with Gasteiger partial charge in [-0.05, 0) is 36.2 Å². The highest BCUT2D eigenvalue weighted by Gasteiger charge is 2.19. The molecule has 4 rings (SSSR count). The van der Waals surface area contributed by atoms with Gasteiger partial charge in [-0.3, -0.25) is 4.57 Å². The molecule has 3 heteroatoms. The van der Waals surface area contributed by atoms with Crippen molar-refractivity contribution in [3.63, 3.8) is 0 Å². The van der Waals surface area contributed by atoms with E-state index in [1.54, 1.807) is 0 Å². The predicted octanol–water partition coefficient (Wildman–Crippen LogP) is 3.94. The number of benzene rings is 2. The lowest BCUT2D eigenvalue weighted by Gasteiger charge is -2.18. The third-order valence-corrected chi connectivity index (χ3v) is 4.36. The second-order valence-electron chi connectivity index (χ2n) is 4.64. The summed E-state index contributed by atoms with van der Waals surface area (Å²) in [5.41, 5.74) is 6.23. The van der Waals surface area contributed by atoms with Gasteiger partial charge in [0.1, 0.15) is 0 Å². The van der Waals surface area contributed by atoms with Gasteiger partial charge in [0.2, 0.25) is 0 Å². The Hall–Kier alpha value is -1.74. The van der Waals surface area contributed by atoms with Crippen LogP contribution in [0.15, 0.2) is 47.6 Å². The molecule has 0 fully saturated rings. The standard InChI is InChI=1S/C15H12N2S/c1-10-6-7-12-14(8-10)17-13-5-3-2-4-11(13)9-18-15(17)16-12/h2-8H,9H2,1H3. The predicted molar refractivity (Wildman–Crippen MR) is 75.4 cm³/mol. The number of rotatable bonds is 0. The van der Waals surface area contributed by atoms with Crippen molar-refractivity contribution in [1.82, 2.24) is 9.55 Å². The van der Waals surface area contributed by atoms with Gasteiger partial charge in [0, 0.05) is 5.75 Å². The van der Waals surface area contributed by atoms with Crippen LogP contribution in [0.3, 0.4) is 0 Å². The van der Waals surface area contributed by atoms with Crippen LogP contribution < -0.4 is 0 Å². The van der Waals surface area contributed by atoms with Gasteiger partial charge < -0.3 is 0 Å². The maximum atomic E-state index is 4.72. The lowest BCUT2D eigenvalue weighted by molar-refractivity contribution is 0.894. The molecule has 2 aromatic carbocycles. The Morgan fingerprint density at radius 1 is 1.17 bits per heavy atom. The van der Waals surface area contributed by atoms with Crippen molar-refractivity contribution in [2.24, 2.45) is 0 Å². The summed E-state index contributed by atoms with van der Waals surface area (Å²) in [6.45, 7) is 2.13. The molecule has 2 nitrogen and oxygen atoms in total. The van der Waals surface area contributed by atoms with Crippen molar-refractivity contribution in [2.45, 2.75) is 17.8 Å². The van der Waals surface area contributed by atoms with Gasteiger partial charge in [-0.1, -0.05) is 36.0 Å². The van der Waals surface area contributed by atoms with Crippen molar-refractivity contribution in [1.29, 1.82) is 0 Å². The third kappa shape index (κ3) is 1.34. The van der Waals surface area contributed by atoms with E-state index in [2.05, 4.69) is 54.0 Å². The van der Waals surface area contributed by atoms with Crippen LogP contribution in [0.1, 0.15) is 11.1 Å². The number of para-hydroxylation sites is 1. The molecule has 0 spiro atoms. The van der Waals surface area contributed by atoms with E-state index in [4.69, 9.17) is 4.98 Å². The first-order valence-electron chi connectivity index (χ1n) is 6.03. The Morgan fingerprint density at radius 2 is 2.06 bits per heavy atom. The maximum Gasteiger partial charge on any atom is 0.174 e. The number of imidazole rings is 1. The molecule has 88 valence electrons. The molecule has 18 heavy (non-hydrogen) atoms. The van der Waals surface area contributed by atoms with E-state index < -0.39 is 0 Å². The molecule has 0 amide bonds. The van der Waals surface area contributed by atoms with E-state index in [1.165, 1.54) is 22.3 Å². The van der Waals surface area contributed by atoms with Crippen molar-refractivity contribution < 1.29 is 0 Å². The number of fused-ring (bicyclic) bond motifs is 5. The summed E-state index contributed by atoms with van der Waals surface area (Å²) in [6, 6.07) is 15.0. The van der Waals surface area contributed by atoms with Crippen LogP contribution in [0, 0.1) is 6.92 Å². The van der Waals surface area contributed by atoms with E-state index in [9.17, 15) is 0 Å². The van der Waals surface area contributed by atoms with Crippen LogP contribution in [0.5, 0.6) is 0 Å². The van der Waals surface area contributed by atoms with Crippen molar-refractivity contribution >= 4 is 22.8 Å². The van der Waals surface area contributed by atoms with Crippen molar-refractivity contribution in [3.05, 3.63) is 53.6 Å². The summed E-state index contributed by atoms with van der Waals surface area (Å²) in [6.07, 6.45) is 0. The molecule has 1 aromatic heterocycles. The topological polar surface area (TPSA) is 17.8 Å². The van der Waals surface area contributed by atoms with Gasteiger partial charge in [-0.2, -0.15) is 0 Å². The van der Waals surface area contributed by atoms with Gasteiger partial charge in [0.25, 0.3) is 0 Å². The van der Waals surface area contributed by atoms with Gasteiger partial charge >= 0.3 is 0 Å². The number of aryl methyl sites for hydroxylation is 1. The SMILES string of the molecule is Cc1ccc2nc3n(c2c1)-c1ccccc1CS3.